The van der Waals surface area contributed by atoms with Crippen LogP contribution in [0, 0.1) is 6.92 Å². The lowest BCUT2D eigenvalue weighted by atomic mass is 10.1. The fraction of sp³-hybridized carbons (Fsp3) is 0.615. The van der Waals surface area contributed by atoms with E-state index in [1.54, 1.807) is 13.3 Å². The third-order valence-electron chi connectivity index (χ3n) is 3.02. The molecule has 0 saturated carbocycles. The van der Waals surface area contributed by atoms with Gasteiger partial charge in [-0.15, -0.1) is 0 Å². The summed E-state index contributed by atoms with van der Waals surface area (Å²) in [4.78, 5) is 4.21. The number of hydrogen-bond donors (Lipinski definition) is 1. The molecule has 17 heavy (non-hydrogen) atoms. The maximum atomic E-state index is 5.68. The van der Waals surface area contributed by atoms with E-state index in [-0.39, 0.29) is 0 Å². The van der Waals surface area contributed by atoms with Crippen LogP contribution in [0.5, 0.6) is 5.75 Å². The van der Waals surface area contributed by atoms with Gasteiger partial charge < -0.3 is 14.8 Å². The fourth-order valence-electron chi connectivity index (χ4n) is 2.04. The molecule has 0 aromatic carbocycles. The van der Waals surface area contributed by atoms with Gasteiger partial charge in [0.25, 0.3) is 0 Å². The van der Waals surface area contributed by atoms with Gasteiger partial charge in [-0.3, -0.25) is 4.98 Å². The molecule has 0 radical (unpaired) electrons. The molecule has 1 aromatic heterocycles. The van der Waals surface area contributed by atoms with Crippen LogP contribution in [0.4, 0.5) is 5.69 Å². The van der Waals surface area contributed by atoms with Gasteiger partial charge in [0.05, 0.1) is 25.1 Å². The molecule has 1 saturated heterocycles. The lowest BCUT2D eigenvalue weighted by Crippen LogP contribution is -2.27. The number of ether oxygens (including phenoxy) is 2. The van der Waals surface area contributed by atoms with Crippen molar-refractivity contribution in [1.29, 1.82) is 0 Å². The van der Waals surface area contributed by atoms with Crippen LogP contribution in [0.15, 0.2) is 12.3 Å². The molecule has 4 heteroatoms. The molecule has 1 aromatic rings. The van der Waals surface area contributed by atoms with Gasteiger partial charge in [-0.1, -0.05) is 0 Å². The van der Waals surface area contributed by atoms with Crippen LogP contribution in [-0.4, -0.2) is 31.3 Å². The quantitative estimate of drug-likeness (QED) is 0.871. The lowest BCUT2D eigenvalue weighted by molar-refractivity contribution is 0.0247. The molecular formula is C13H20N2O2. The first-order chi connectivity index (χ1) is 8.29. The van der Waals surface area contributed by atoms with Gasteiger partial charge >= 0.3 is 0 Å². The van der Waals surface area contributed by atoms with Crippen molar-refractivity contribution in [3.8, 4) is 5.75 Å². The SMILES string of the molecule is COc1cnc(C)cc1NCC1CCCCO1. The summed E-state index contributed by atoms with van der Waals surface area (Å²) in [6, 6.07) is 2.00. The monoisotopic (exact) mass is 236 g/mol. The topological polar surface area (TPSA) is 43.4 Å². The van der Waals surface area contributed by atoms with Crippen molar-refractivity contribution < 1.29 is 9.47 Å². The van der Waals surface area contributed by atoms with Gasteiger partial charge in [0.15, 0.2) is 5.75 Å². The van der Waals surface area contributed by atoms with Crippen molar-refractivity contribution in [2.75, 3.05) is 25.6 Å². The summed E-state index contributed by atoms with van der Waals surface area (Å²) in [5.74, 6) is 0.784. The van der Waals surface area contributed by atoms with Crippen LogP contribution in [0.25, 0.3) is 0 Å². The van der Waals surface area contributed by atoms with Gasteiger partial charge in [-0.2, -0.15) is 0 Å². The van der Waals surface area contributed by atoms with Crippen LogP contribution < -0.4 is 10.1 Å². The summed E-state index contributed by atoms with van der Waals surface area (Å²) in [6.45, 7) is 3.69. The molecule has 1 aliphatic rings. The van der Waals surface area contributed by atoms with E-state index in [0.717, 1.165) is 36.7 Å². The Morgan fingerprint density at radius 1 is 1.53 bits per heavy atom. The highest BCUT2D eigenvalue weighted by Crippen LogP contribution is 2.24. The zero-order valence-corrected chi connectivity index (χ0v) is 10.5. The number of aromatic nitrogens is 1. The first kappa shape index (κ1) is 12.2. The Bertz CT molecular complexity index is 362. The molecule has 0 bridgehead atoms. The summed E-state index contributed by atoms with van der Waals surface area (Å²) in [5.41, 5.74) is 1.98. The number of nitrogens with one attached hydrogen (secondary N) is 1. The third kappa shape index (κ3) is 3.33. The van der Waals surface area contributed by atoms with E-state index in [9.17, 15) is 0 Å². The Balaban J connectivity index is 1.95. The molecule has 2 rings (SSSR count). The number of aryl methyl sites for hydroxylation is 1. The van der Waals surface area contributed by atoms with Crippen LogP contribution in [-0.2, 0) is 4.74 Å². The van der Waals surface area contributed by atoms with Crippen molar-refractivity contribution in [3.05, 3.63) is 18.0 Å². The molecule has 2 heterocycles. The minimum atomic E-state index is 0.321. The van der Waals surface area contributed by atoms with E-state index >= 15 is 0 Å². The van der Waals surface area contributed by atoms with Crippen molar-refractivity contribution in [2.24, 2.45) is 0 Å². The Morgan fingerprint density at radius 3 is 3.12 bits per heavy atom. The Hall–Kier alpha value is -1.29. The molecule has 0 spiro atoms. The highest BCUT2D eigenvalue weighted by molar-refractivity contribution is 5.55. The summed E-state index contributed by atoms with van der Waals surface area (Å²) in [7, 11) is 1.66. The largest absolute Gasteiger partial charge is 0.493 e. The molecule has 1 N–H and O–H groups in total. The number of hydrogen-bond acceptors (Lipinski definition) is 4. The van der Waals surface area contributed by atoms with Crippen LogP contribution >= 0.6 is 0 Å². The van der Waals surface area contributed by atoms with E-state index in [0.29, 0.717) is 6.10 Å². The number of methoxy groups -OCH3 is 1. The molecule has 1 atom stereocenters. The van der Waals surface area contributed by atoms with Gasteiger partial charge in [0.1, 0.15) is 0 Å². The van der Waals surface area contributed by atoms with E-state index in [1.165, 1.54) is 12.8 Å². The van der Waals surface area contributed by atoms with Crippen molar-refractivity contribution >= 4 is 5.69 Å². The van der Waals surface area contributed by atoms with Crippen LogP contribution in [0.1, 0.15) is 25.0 Å². The predicted octanol–water partition coefficient (Wildman–Crippen LogP) is 2.38. The predicted molar refractivity (Wildman–Crippen MR) is 67.6 cm³/mol. The Morgan fingerprint density at radius 2 is 2.41 bits per heavy atom. The van der Waals surface area contributed by atoms with E-state index in [1.807, 2.05) is 13.0 Å². The second-order valence-corrected chi connectivity index (χ2v) is 4.40. The van der Waals surface area contributed by atoms with Gasteiger partial charge in [0.2, 0.25) is 0 Å². The zero-order valence-electron chi connectivity index (χ0n) is 10.5. The van der Waals surface area contributed by atoms with E-state index in [2.05, 4.69) is 10.3 Å². The van der Waals surface area contributed by atoms with Crippen molar-refractivity contribution in [1.82, 2.24) is 4.98 Å². The summed E-state index contributed by atoms with van der Waals surface area (Å²) in [5, 5.41) is 3.38. The highest BCUT2D eigenvalue weighted by atomic mass is 16.5. The normalized spacial score (nSPS) is 20.0. The first-order valence-electron chi connectivity index (χ1n) is 6.15. The number of anilines is 1. The molecule has 1 unspecified atom stereocenters. The molecule has 1 aliphatic heterocycles. The minimum absolute atomic E-state index is 0.321. The van der Waals surface area contributed by atoms with E-state index < -0.39 is 0 Å². The molecule has 0 amide bonds. The zero-order chi connectivity index (χ0) is 12.1. The van der Waals surface area contributed by atoms with Crippen molar-refractivity contribution in [3.63, 3.8) is 0 Å². The maximum Gasteiger partial charge on any atom is 0.160 e. The van der Waals surface area contributed by atoms with E-state index in [4.69, 9.17) is 9.47 Å². The smallest absolute Gasteiger partial charge is 0.160 e. The first-order valence-corrected chi connectivity index (χ1v) is 6.15. The van der Waals surface area contributed by atoms with Crippen LogP contribution in [0.3, 0.4) is 0 Å². The molecule has 4 nitrogen and oxygen atoms in total. The average Bonchev–Trinajstić information content (AvgIpc) is 2.38. The summed E-state index contributed by atoms with van der Waals surface area (Å²) in [6.07, 6.45) is 5.66. The number of nitrogens with zero attached hydrogens (tertiary/aromatic N) is 1. The Labute approximate surface area is 102 Å². The van der Waals surface area contributed by atoms with Gasteiger partial charge in [-0.25, -0.2) is 0 Å². The molecule has 0 aliphatic carbocycles. The summed E-state index contributed by atoms with van der Waals surface area (Å²) < 4.78 is 11.0. The van der Waals surface area contributed by atoms with Crippen molar-refractivity contribution in [2.45, 2.75) is 32.3 Å². The molecule has 1 fully saturated rings. The number of rotatable bonds is 4. The fourth-order valence-corrected chi connectivity index (χ4v) is 2.04. The second kappa shape index (κ2) is 5.87. The lowest BCUT2D eigenvalue weighted by Gasteiger charge is -2.23. The highest BCUT2D eigenvalue weighted by Gasteiger charge is 2.14. The number of pyridine rings is 1. The average molecular weight is 236 g/mol. The van der Waals surface area contributed by atoms with Gasteiger partial charge in [-0.05, 0) is 32.3 Å². The minimum Gasteiger partial charge on any atom is -0.493 e. The standard InChI is InChI=1S/C13H20N2O2/c1-10-7-12(13(16-2)9-14-10)15-8-11-5-3-4-6-17-11/h7,9,11H,3-6,8H2,1-2H3,(H,14,15). The third-order valence-corrected chi connectivity index (χ3v) is 3.02. The molecule has 94 valence electrons. The van der Waals surface area contributed by atoms with Gasteiger partial charge in [0, 0.05) is 18.8 Å². The Kier molecular flexibility index (Phi) is 4.20. The summed E-state index contributed by atoms with van der Waals surface area (Å²) >= 11 is 0. The maximum absolute atomic E-state index is 5.68. The molecular weight excluding hydrogens is 216 g/mol. The second-order valence-electron chi connectivity index (χ2n) is 4.40. The van der Waals surface area contributed by atoms with Crippen LogP contribution in [0.2, 0.25) is 0 Å².